The zero-order chi connectivity index (χ0) is 13.4. The molecule has 0 aromatic heterocycles. The van der Waals surface area contributed by atoms with Crippen molar-refractivity contribution < 1.29 is 10.0 Å². The summed E-state index contributed by atoms with van der Waals surface area (Å²) in [5, 5.41) is 20.8. The second-order valence-corrected chi connectivity index (χ2v) is 5.19. The number of non-ortho nitro benzene ring substituents is 1. The van der Waals surface area contributed by atoms with Crippen LogP contribution in [0.25, 0.3) is 6.08 Å². The number of fused-ring (bicyclic) bond motifs is 3. The van der Waals surface area contributed by atoms with E-state index in [0.29, 0.717) is 5.92 Å². The molecule has 0 radical (unpaired) electrons. The molecule has 0 amide bonds. The van der Waals surface area contributed by atoms with E-state index in [-0.39, 0.29) is 5.69 Å². The summed E-state index contributed by atoms with van der Waals surface area (Å²) in [5.74, 6) is 0.370. The molecule has 4 rings (SSSR count). The first-order valence-electron chi connectivity index (χ1n) is 6.54. The maximum Gasteiger partial charge on any atom is 0.269 e. The summed E-state index contributed by atoms with van der Waals surface area (Å²) in [7, 11) is 0. The molecular formula is C14H16N2O3. The topological polar surface area (TPSA) is 66.6 Å². The molecule has 1 atom stereocenters. The van der Waals surface area contributed by atoms with E-state index in [1.165, 1.54) is 12.1 Å². The third-order valence-electron chi connectivity index (χ3n) is 4.07. The summed E-state index contributed by atoms with van der Waals surface area (Å²) in [4.78, 5) is 12.4. The van der Waals surface area contributed by atoms with Gasteiger partial charge in [-0.1, -0.05) is 0 Å². The van der Waals surface area contributed by atoms with E-state index in [9.17, 15) is 15.2 Å². The minimum absolute atomic E-state index is 0.0909. The Balaban J connectivity index is 1.86. The average Bonchev–Trinajstić information content (AvgIpc) is 2.44. The summed E-state index contributed by atoms with van der Waals surface area (Å²) in [6.07, 6.45) is 3.66. The van der Waals surface area contributed by atoms with Gasteiger partial charge >= 0.3 is 0 Å². The summed E-state index contributed by atoms with van der Waals surface area (Å²) in [6, 6.07) is 6.44. The molecule has 0 saturated carbocycles. The van der Waals surface area contributed by atoms with Crippen LogP contribution in [0.4, 0.5) is 5.69 Å². The number of benzene rings is 1. The third kappa shape index (κ3) is 2.21. The van der Waals surface area contributed by atoms with Crippen LogP contribution in [0.2, 0.25) is 0 Å². The molecule has 1 N–H and O–H groups in total. The first-order valence-corrected chi connectivity index (χ1v) is 6.54. The highest BCUT2D eigenvalue weighted by molar-refractivity contribution is 5.56. The lowest BCUT2D eigenvalue weighted by molar-refractivity contribution is -0.384. The van der Waals surface area contributed by atoms with Gasteiger partial charge in [-0.15, -0.1) is 0 Å². The number of hydrogen-bond acceptors (Lipinski definition) is 4. The van der Waals surface area contributed by atoms with Gasteiger partial charge in [0.25, 0.3) is 5.69 Å². The molecule has 0 aliphatic carbocycles. The van der Waals surface area contributed by atoms with Crippen molar-refractivity contribution in [3.63, 3.8) is 0 Å². The highest BCUT2D eigenvalue weighted by Crippen LogP contribution is 2.35. The number of aliphatic hydroxyl groups is 1. The zero-order valence-electron chi connectivity index (χ0n) is 10.5. The van der Waals surface area contributed by atoms with Gasteiger partial charge in [-0.2, -0.15) is 0 Å². The van der Waals surface area contributed by atoms with Crippen LogP contribution in [0.1, 0.15) is 18.4 Å². The Morgan fingerprint density at radius 1 is 1.26 bits per heavy atom. The predicted molar refractivity (Wildman–Crippen MR) is 71.4 cm³/mol. The molecule has 3 aliphatic rings. The number of hydrogen-bond donors (Lipinski definition) is 1. The van der Waals surface area contributed by atoms with E-state index < -0.39 is 11.0 Å². The van der Waals surface area contributed by atoms with Crippen LogP contribution in [-0.4, -0.2) is 34.1 Å². The fourth-order valence-corrected chi connectivity index (χ4v) is 2.94. The Kier molecular flexibility index (Phi) is 2.98. The van der Waals surface area contributed by atoms with Gasteiger partial charge in [0, 0.05) is 30.9 Å². The Morgan fingerprint density at radius 3 is 2.42 bits per heavy atom. The van der Waals surface area contributed by atoms with Crippen molar-refractivity contribution in [3.8, 4) is 0 Å². The van der Waals surface area contributed by atoms with Crippen molar-refractivity contribution in [2.24, 2.45) is 5.92 Å². The zero-order valence-corrected chi connectivity index (χ0v) is 10.5. The van der Waals surface area contributed by atoms with Crippen LogP contribution in [0.15, 0.2) is 30.0 Å². The number of nitro benzene ring substituents is 1. The fourth-order valence-electron chi connectivity index (χ4n) is 2.94. The van der Waals surface area contributed by atoms with Crippen molar-refractivity contribution in [1.82, 2.24) is 4.90 Å². The van der Waals surface area contributed by atoms with Gasteiger partial charge < -0.3 is 10.0 Å². The average molecular weight is 260 g/mol. The smallest absolute Gasteiger partial charge is 0.269 e. The van der Waals surface area contributed by atoms with E-state index in [2.05, 4.69) is 4.90 Å². The molecule has 19 heavy (non-hydrogen) atoms. The second kappa shape index (κ2) is 4.66. The molecular weight excluding hydrogens is 244 g/mol. The highest BCUT2D eigenvalue weighted by Gasteiger charge is 2.36. The SMILES string of the molecule is O=[N+]([O-])c1ccc(/C=C2\[C@H](O)C3CCN2CC3)cc1. The van der Waals surface area contributed by atoms with Crippen molar-refractivity contribution in [3.05, 3.63) is 45.6 Å². The van der Waals surface area contributed by atoms with Gasteiger partial charge in [-0.05, 0) is 42.5 Å². The van der Waals surface area contributed by atoms with Crippen LogP contribution < -0.4 is 0 Å². The maximum absolute atomic E-state index is 10.6. The molecule has 5 nitrogen and oxygen atoms in total. The van der Waals surface area contributed by atoms with Crippen molar-refractivity contribution in [2.45, 2.75) is 18.9 Å². The van der Waals surface area contributed by atoms with Crippen LogP contribution >= 0.6 is 0 Å². The minimum atomic E-state index is -0.405. The van der Waals surface area contributed by atoms with Gasteiger partial charge in [0.1, 0.15) is 0 Å². The molecule has 0 unspecified atom stereocenters. The summed E-state index contributed by atoms with van der Waals surface area (Å²) < 4.78 is 0. The Labute approximate surface area is 111 Å². The van der Waals surface area contributed by atoms with E-state index >= 15 is 0 Å². The molecule has 3 fully saturated rings. The summed E-state index contributed by atoms with van der Waals surface area (Å²) >= 11 is 0. The number of piperidine rings is 3. The first kappa shape index (κ1) is 12.2. The highest BCUT2D eigenvalue weighted by atomic mass is 16.6. The molecule has 0 spiro atoms. The largest absolute Gasteiger partial charge is 0.387 e. The molecule has 100 valence electrons. The number of rotatable bonds is 2. The Bertz CT molecular complexity index is 512. The van der Waals surface area contributed by atoms with E-state index in [4.69, 9.17) is 0 Å². The number of aliphatic hydroxyl groups excluding tert-OH is 1. The van der Waals surface area contributed by atoms with E-state index in [0.717, 1.165) is 37.2 Å². The second-order valence-electron chi connectivity index (χ2n) is 5.19. The fraction of sp³-hybridized carbons (Fsp3) is 0.429. The van der Waals surface area contributed by atoms with Crippen molar-refractivity contribution in [2.75, 3.05) is 13.1 Å². The van der Waals surface area contributed by atoms with Gasteiger partial charge in [-0.25, -0.2) is 0 Å². The minimum Gasteiger partial charge on any atom is -0.387 e. The van der Waals surface area contributed by atoms with Crippen LogP contribution in [0, 0.1) is 16.0 Å². The maximum atomic E-state index is 10.6. The van der Waals surface area contributed by atoms with Crippen molar-refractivity contribution in [1.29, 1.82) is 0 Å². The Morgan fingerprint density at radius 2 is 1.89 bits per heavy atom. The van der Waals surface area contributed by atoms with E-state index in [1.54, 1.807) is 12.1 Å². The molecule has 3 aliphatic heterocycles. The summed E-state index contributed by atoms with van der Waals surface area (Å²) in [6.45, 7) is 2.00. The predicted octanol–water partition coefficient (Wildman–Crippen LogP) is 2.02. The molecule has 2 bridgehead atoms. The van der Waals surface area contributed by atoms with Gasteiger partial charge in [-0.3, -0.25) is 10.1 Å². The molecule has 3 heterocycles. The standard InChI is InChI=1S/C14H16N2O3/c17-14-11-5-7-15(8-6-11)13(14)9-10-1-3-12(4-2-10)16(18)19/h1-4,9,11,14,17H,5-8H2/b13-9+/t14-/m1/s1. The third-order valence-corrected chi connectivity index (χ3v) is 4.07. The van der Waals surface area contributed by atoms with Crippen LogP contribution in [-0.2, 0) is 0 Å². The lowest BCUT2D eigenvalue weighted by Crippen LogP contribution is -2.48. The van der Waals surface area contributed by atoms with Crippen molar-refractivity contribution >= 4 is 11.8 Å². The molecule has 5 heteroatoms. The quantitative estimate of drug-likeness (QED) is 0.652. The lowest BCUT2D eigenvalue weighted by atomic mass is 9.83. The normalized spacial score (nSPS) is 27.8. The molecule has 3 saturated heterocycles. The van der Waals surface area contributed by atoms with Crippen LogP contribution in [0.5, 0.6) is 0 Å². The monoisotopic (exact) mass is 260 g/mol. The van der Waals surface area contributed by atoms with Gasteiger partial charge in [0.2, 0.25) is 0 Å². The molecule has 1 aromatic rings. The Hall–Kier alpha value is -1.88. The van der Waals surface area contributed by atoms with Crippen LogP contribution in [0.3, 0.4) is 0 Å². The van der Waals surface area contributed by atoms with Gasteiger partial charge in [0.05, 0.1) is 11.0 Å². The summed E-state index contributed by atoms with van der Waals surface area (Å²) in [5.41, 5.74) is 1.94. The first-order chi connectivity index (χ1) is 9.15. The molecule has 1 aromatic carbocycles. The van der Waals surface area contributed by atoms with E-state index in [1.807, 2.05) is 6.08 Å². The lowest BCUT2D eigenvalue weighted by Gasteiger charge is -2.45. The number of nitrogens with zero attached hydrogens (tertiary/aromatic N) is 2. The van der Waals surface area contributed by atoms with Gasteiger partial charge in [0.15, 0.2) is 0 Å². The number of nitro groups is 1.